The van der Waals surface area contributed by atoms with Crippen molar-refractivity contribution in [1.82, 2.24) is 4.98 Å². The maximum atomic E-state index is 6.54. The van der Waals surface area contributed by atoms with E-state index in [2.05, 4.69) is 30.1 Å². The van der Waals surface area contributed by atoms with Gasteiger partial charge in [0.25, 0.3) is 0 Å². The first-order chi connectivity index (χ1) is 9.14. The molecule has 1 aromatic heterocycles. The number of aromatic nitrogens is 1. The summed E-state index contributed by atoms with van der Waals surface area (Å²) in [6.45, 7) is 2.77. The van der Waals surface area contributed by atoms with E-state index < -0.39 is 0 Å². The molecule has 1 aromatic carbocycles. The molecule has 3 heteroatoms. The largest absolute Gasteiger partial charge is 0.359 e. The van der Waals surface area contributed by atoms with E-state index in [1.54, 1.807) is 0 Å². The second-order valence-electron chi connectivity index (χ2n) is 5.92. The van der Waals surface area contributed by atoms with Crippen molar-refractivity contribution in [3.63, 3.8) is 0 Å². The maximum absolute atomic E-state index is 6.54. The number of nitrogens with two attached hydrogens (primary N) is 1. The third-order valence-electron chi connectivity index (χ3n) is 4.62. The molecule has 0 amide bonds. The number of rotatable bonds is 2. The zero-order valence-electron chi connectivity index (χ0n) is 11.4. The highest BCUT2D eigenvalue weighted by atomic mass is 35.5. The molecule has 102 valence electrons. The van der Waals surface area contributed by atoms with Crippen molar-refractivity contribution in [2.75, 3.05) is 6.54 Å². The normalized spacial score (nSPS) is 18.9. The van der Waals surface area contributed by atoms with Crippen LogP contribution in [0.25, 0.3) is 10.9 Å². The van der Waals surface area contributed by atoms with Crippen molar-refractivity contribution in [3.05, 3.63) is 34.5 Å². The monoisotopic (exact) mass is 276 g/mol. The molecule has 3 rings (SSSR count). The summed E-state index contributed by atoms with van der Waals surface area (Å²) in [6, 6.07) is 6.45. The van der Waals surface area contributed by atoms with Gasteiger partial charge in [0.2, 0.25) is 0 Å². The summed E-state index contributed by atoms with van der Waals surface area (Å²) < 4.78 is 0. The Bertz CT molecular complexity index is 594. The SMILES string of the molecule is Cc1cc2cc(Cl)c(C3(CN)CCCCC3)cc2[nH]1. The molecule has 2 aromatic rings. The van der Waals surface area contributed by atoms with Gasteiger partial charge in [0.1, 0.15) is 0 Å². The van der Waals surface area contributed by atoms with Gasteiger partial charge in [0.15, 0.2) is 0 Å². The molecule has 19 heavy (non-hydrogen) atoms. The predicted molar refractivity (Wildman–Crippen MR) is 81.9 cm³/mol. The van der Waals surface area contributed by atoms with Crippen LogP contribution in [0.4, 0.5) is 0 Å². The molecular weight excluding hydrogens is 256 g/mol. The van der Waals surface area contributed by atoms with E-state index in [0.29, 0.717) is 6.54 Å². The van der Waals surface area contributed by atoms with E-state index in [0.717, 1.165) is 17.9 Å². The van der Waals surface area contributed by atoms with E-state index in [1.807, 2.05) is 0 Å². The molecule has 2 nitrogen and oxygen atoms in total. The van der Waals surface area contributed by atoms with E-state index >= 15 is 0 Å². The first-order valence-corrected chi connectivity index (χ1v) is 7.52. The molecule has 0 bridgehead atoms. The van der Waals surface area contributed by atoms with Gasteiger partial charge in [-0.15, -0.1) is 0 Å². The fraction of sp³-hybridized carbons (Fsp3) is 0.500. The average Bonchev–Trinajstić information content (AvgIpc) is 2.77. The quantitative estimate of drug-likeness (QED) is 0.844. The summed E-state index contributed by atoms with van der Waals surface area (Å²) in [5.41, 5.74) is 9.80. The number of halogens is 1. The van der Waals surface area contributed by atoms with Crippen molar-refractivity contribution in [2.45, 2.75) is 44.4 Å². The number of hydrogen-bond acceptors (Lipinski definition) is 1. The highest BCUT2D eigenvalue weighted by Crippen LogP contribution is 2.42. The highest BCUT2D eigenvalue weighted by molar-refractivity contribution is 6.32. The van der Waals surface area contributed by atoms with Crippen LogP contribution in [-0.2, 0) is 5.41 Å². The molecule has 0 atom stereocenters. The minimum atomic E-state index is 0.0859. The Morgan fingerprint density at radius 1 is 1.21 bits per heavy atom. The van der Waals surface area contributed by atoms with Crippen LogP contribution in [0.5, 0.6) is 0 Å². The maximum Gasteiger partial charge on any atom is 0.0460 e. The number of nitrogens with one attached hydrogen (secondary N) is 1. The van der Waals surface area contributed by atoms with E-state index in [4.69, 9.17) is 17.3 Å². The second kappa shape index (κ2) is 4.84. The van der Waals surface area contributed by atoms with Gasteiger partial charge in [-0.25, -0.2) is 0 Å². The van der Waals surface area contributed by atoms with Crippen LogP contribution < -0.4 is 5.73 Å². The Morgan fingerprint density at radius 2 is 1.95 bits per heavy atom. The Balaban J connectivity index is 2.14. The number of hydrogen-bond donors (Lipinski definition) is 2. The summed E-state index contributed by atoms with van der Waals surface area (Å²) in [6.07, 6.45) is 6.16. The summed E-state index contributed by atoms with van der Waals surface area (Å²) in [4.78, 5) is 3.41. The van der Waals surface area contributed by atoms with Gasteiger partial charge in [-0.05, 0) is 43.5 Å². The van der Waals surface area contributed by atoms with Crippen molar-refractivity contribution >= 4 is 22.5 Å². The Morgan fingerprint density at radius 3 is 2.63 bits per heavy atom. The van der Waals surface area contributed by atoms with Crippen LogP contribution in [0.15, 0.2) is 18.2 Å². The molecule has 1 fully saturated rings. The molecular formula is C16H21ClN2. The number of benzene rings is 1. The van der Waals surface area contributed by atoms with Crippen LogP contribution in [0.1, 0.15) is 43.4 Å². The lowest BCUT2D eigenvalue weighted by atomic mass is 9.69. The molecule has 0 radical (unpaired) electrons. The molecule has 3 N–H and O–H groups in total. The van der Waals surface area contributed by atoms with Crippen LogP contribution in [-0.4, -0.2) is 11.5 Å². The number of aromatic amines is 1. The molecule has 1 saturated carbocycles. The third kappa shape index (κ3) is 2.17. The third-order valence-corrected chi connectivity index (χ3v) is 4.93. The van der Waals surface area contributed by atoms with Gasteiger partial charge in [-0.3, -0.25) is 0 Å². The molecule has 1 aliphatic carbocycles. The topological polar surface area (TPSA) is 41.8 Å². The number of aryl methyl sites for hydroxylation is 1. The van der Waals surface area contributed by atoms with Crippen LogP contribution in [0, 0.1) is 6.92 Å². The average molecular weight is 277 g/mol. The van der Waals surface area contributed by atoms with Crippen molar-refractivity contribution < 1.29 is 0 Å². The zero-order valence-corrected chi connectivity index (χ0v) is 12.2. The first-order valence-electron chi connectivity index (χ1n) is 7.14. The Hall–Kier alpha value is -0.990. The predicted octanol–water partition coefficient (Wildman–Crippen LogP) is 4.29. The fourth-order valence-electron chi connectivity index (χ4n) is 3.52. The number of H-pyrrole nitrogens is 1. The zero-order chi connectivity index (χ0) is 13.5. The van der Waals surface area contributed by atoms with E-state index in [-0.39, 0.29) is 5.41 Å². The van der Waals surface area contributed by atoms with Gasteiger partial charge in [-0.2, -0.15) is 0 Å². The summed E-state index contributed by atoms with van der Waals surface area (Å²) in [5, 5.41) is 2.06. The minimum Gasteiger partial charge on any atom is -0.359 e. The number of fused-ring (bicyclic) bond motifs is 1. The Kier molecular flexibility index (Phi) is 3.32. The van der Waals surface area contributed by atoms with Gasteiger partial charge in [-0.1, -0.05) is 30.9 Å². The smallest absolute Gasteiger partial charge is 0.0460 e. The lowest BCUT2D eigenvalue weighted by Crippen LogP contribution is -2.37. The van der Waals surface area contributed by atoms with Crippen molar-refractivity contribution in [3.8, 4) is 0 Å². The van der Waals surface area contributed by atoms with E-state index in [9.17, 15) is 0 Å². The van der Waals surface area contributed by atoms with Crippen LogP contribution in [0.3, 0.4) is 0 Å². The van der Waals surface area contributed by atoms with Crippen LogP contribution in [0.2, 0.25) is 5.02 Å². The summed E-state index contributed by atoms with van der Waals surface area (Å²) in [7, 11) is 0. The standard InChI is InChI=1S/C16H21ClN2/c1-11-7-12-8-14(17)13(9-15(12)19-11)16(10-18)5-3-2-4-6-16/h7-9,19H,2-6,10,18H2,1H3. The van der Waals surface area contributed by atoms with Crippen molar-refractivity contribution in [2.24, 2.45) is 5.73 Å². The molecule has 0 unspecified atom stereocenters. The van der Waals surface area contributed by atoms with Gasteiger partial charge in [0, 0.05) is 33.6 Å². The fourth-order valence-corrected chi connectivity index (χ4v) is 3.89. The first kappa shape index (κ1) is 13.0. The Labute approximate surface area is 119 Å². The molecule has 1 aliphatic rings. The summed E-state index contributed by atoms with van der Waals surface area (Å²) in [5.74, 6) is 0. The molecule has 1 heterocycles. The summed E-state index contributed by atoms with van der Waals surface area (Å²) >= 11 is 6.54. The van der Waals surface area contributed by atoms with Crippen molar-refractivity contribution in [1.29, 1.82) is 0 Å². The lowest BCUT2D eigenvalue weighted by molar-refractivity contribution is 0.301. The molecule has 0 saturated heterocycles. The van der Waals surface area contributed by atoms with Crippen LogP contribution >= 0.6 is 11.6 Å². The minimum absolute atomic E-state index is 0.0859. The van der Waals surface area contributed by atoms with Gasteiger partial charge < -0.3 is 10.7 Å². The molecule has 0 aliphatic heterocycles. The second-order valence-corrected chi connectivity index (χ2v) is 6.32. The van der Waals surface area contributed by atoms with E-state index in [1.165, 1.54) is 41.4 Å². The van der Waals surface area contributed by atoms with Gasteiger partial charge in [0.05, 0.1) is 0 Å². The van der Waals surface area contributed by atoms with Gasteiger partial charge >= 0.3 is 0 Å². The highest BCUT2D eigenvalue weighted by Gasteiger charge is 2.34. The lowest BCUT2D eigenvalue weighted by Gasteiger charge is -2.37. The molecule has 0 spiro atoms.